The fraction of sp³-hybridized carbons (Fsp3) is 0.542. The van der Waals surface area contributed by atoms with E-state index in [4.69, 9.17) is 51.7 Å². The van der Waals surface area contributed by atoms with Gasteiger partial charge in [-0.05, 0) is 68.7 Å². The molecule has 368 valence electrons. The summed E-state index contributed by atoms with van der Waals surface area (Å²) in [7, 11) is 8.08. The van der Waals surface area contributed by atoms with Crippen molar-refractivity contribution in [2.75, 3.05) is 86.2 Å². The SMILES string of the molecule is COCCOCCOCCO[C@@H]1CSSCC1OP(OC1[C@@H](OC)[C@H](n2ccc(=O)[nH]c2=O)O[C@@H]1COC(c1ccccc1)(c1ccc(OC)cc1)c1ccc(OC)cc1)N(C(C)C)C(C)C. The first-order chi connectivity index (χ1) is 32.5. The summed E-state index contributed by atoms with van der Waals surface area (Å²) in [6.45, 7) is 11.2. The number of ether oxygens (including phenoxy) is 9. The maximum absolute atomic E-state index is 13.5. The Hall–Kier alpha value is -3.33. The lowest BCUT2D eigenvalue weighted by atomic mass is 9.80. The fourth-order valence-corrected chi connectivity index (χ4v) is 12.6. The summed E-state index contributed by atoms with van der Waals surface area (Å²) in [4.78, 5) is 28.2. The van der Waals surface area contributed by atoms with E-state index < -0.39 is 49.9 Å². The number of aromatic nitrogens is 2. The molecule has 0 aliphatic carbocycles. The molecule has 0 radical (unpaired) electrons. The molecule has 0 spiro atoms. The second-order valence-electron chi connectivity index (χ2n) is 16.3. The number of H-pyrrole nitrogens is 1. The Bertz CT molecular complexity index is 2110. The molecule has 2 aliphatic heterocycles. The summed E-state index contributed by atoms with van der Waals surface area (Å²) in [5.74, 6) is 2.75. The average molecular weight is 988 g/mol. The summed E-state index contributed by atoms with van der Waals surface area (Å²) in [5, 5.41) is 0. The van der Waals surface area contributed by atoms with Crippen LogP contribution in [0, 0.1) is 0 Å². The first-order valence-corrected chi connectivity index (χ1v) is 26.1. The molecule has 1 N–H and O–H groups in total. The molecule has 0 bridgehead atoms. The van der Waals surface area contributed by atoms with Crippen LogP contribution in [0.25, 0.3) is 0 Å². The largest absolute Gasteiger partial charge is 0.497 e. The van der Waals surface area contributed by atoms with Crippen LogP contribution in [-0.4, -0.2) is 143 Å². The Balaban J connectivity index is 1.36. The molecule has 67 heavy (non-hydrogen) atoms. The summed E-state index contributed by atoms with van der Waals surface area (Å²) >= 11 is 0. The summed E-state index contributed by atoms with van der Waals surface area (Å²) in [6, 6.07) is 26.8. The van der Waals surface area contributed by atoms with Crippen molar-refractivity contribution in [3.05, 3.63) is 129 Å². The maximum Gasteiger partial charge on any atom is 0.330 e. The van der Waals surface area contributed by atoms with Gasteiger partial charge in [0.25, 0.3) is 14.1 Å². The van der Waals surface area contributed by atoms with E-state index in [0.717, 1.165) is 16.7 Å². The lowest BCUT2D eigenvalue weighted by molar-refractivity contribution is -0.0963. The molecule has 1 aromatic heterocycles. The molecule has 2 aliphatic rings. The summed E-state index contributed by atoms with van der Waals surface area (Å²) < 4.78 is 72.5. The molecule has 16 nitrogen and oxygen atoms in total. The molecule has 7 atom stereocenters. The van der Waals surface area contributed by atoms with Crippen LogP contribution in [-0.2, 0) is 47.8 Å². The van der Waals surface area contributed by atoms with E-state index >= 15 is 0 Å². The van der Waals surface area contributed by atoms with E-state index in [1.807, 2.05) is 78.9 Å². The van der Waals surface area contributed by atoms with E-state index in [1.165, 1.54) is 16.8 Å². The monoisotopic (exact) mass is 987 g/mol. The van der Waals surface area contributed by atoms with Crippen molar-refractivity contribution in [3.8, 4) is 11.5 Å². The lowest BCUT2D eigenvalue weighted by Gasteiger charge is -2.42. The van der Waals surface area contributed by atoms with Gasteiger partial charge in [0.2, 0.25) is 0 Å². The van der Waals surface area contributed by atoms with Gasteiger partial charge in [-0.15, -0.1) is 0 Å². The van der Waals surface area contributed by atoms with Gasteiger partial charge in [0.1, 0.15) is 41.5 Å². The molecule has 19 heteroatoms. The molecule has 2 saturated heterocycles. The van der Waals surface area contributed by atoms with Crippen LogP contribution >= 0.6 is 30.1 Å². The molecule has 3 unspecified atom stereocenters. The fourth-order valence-electron chi connectivity index (χ4n) is 8.10. The standard InChI is InChI=1S/C48H66N3O13PS2/c1-33(2)51(34(3)4)65(63-42-32-67-66-31-41(42)60-29-28-59-27-26-58-25-24-54-5)64-44-40(62-46(45(44)57-8)50-23-22-43(52)49-47(50)53)30-61-48(35-12-10-9-11-13-35,36-14-18-38(55-6)19-15-36)37-16-20-39(56-7)21-17-37/h9-23,33-34,40-42,44-46H,24-32H2,1-8H3,(H,49,52,53)/t40-,41-,42?,44?,45-,46-,65?/m1/s1. The number of benzene rings is 3. The van der Waals surface area contributed by atoms with Crippen molar-refractivity contribution in [3.63, 3.8) is 0 Å². The topological polar surface area (TPSA) is 160 Å². The van der Waals surface area contributed by atoms with Gasteiger partial charge in [0.15, 0.2) is 6.23 Å². The van der Waals surface area contributed by atoms with E-state index in [0.29, 0.717) is 62.6 Å². The van der Waals surface area contributed by atoms with Crippen LogP contribution in [0.1, 0.15) is 50.6 Å². The molecule has 2 fully saturated rings. The zero-order chi connectivity index (χ0) is 47.8. The van der Waals surface area contributed by atoms with Crippen molar-refractivity contribution in [2.24, 2.45) is 0 Å². The Morgan fingerprint density at radius 1 is 0.716 bits per heavy atom. The minimum atomic E-state index is -1.85. The van der Waals surface area contributed by atoms with Gasteiger partial charge in [-0.2, -0.15) is 0 Å². The highest BCUT2D eigenvalue weighted by Gasteiger charge is 2.52. The van der Waals surface area contributed by atoms with Gasteiger partial charge >= 0.3 is 5.69 Å². The van der Waals surface area contributed by atoms with E-state index in [9.17, 15) is 9.59 Å². The molecule has 4 aromatic rings. The predicted molar refractivity (Wildman–Crippen MR) is 261 cm³/mol. The highest BCUT2D eigenvalue weighted by atomic mass is 33.1. The Labute approximate surface area is 402 Å². The molecular formula is C48H66N3O13PS2. The number of hydrogen-bond donors (Lipinski definition) is 1. The second kappa shape index (κ2) is 26.6. The normalized spacial score (nSPS) is 21.6. The number of nitrogens with one attached hydrogen (secondary N) is 1. The third-order valence-electron chi connectivity index (χ3n) is 11.3. The minimum Gasteiger partial charge on any atom is -0.497 e. The highest BCUT2D eigenvalue weighted by molar-refractivity contribution is 8.76. The Morgan fingerprint density at radius 2 is 1.28 bits per heavy atom. The van der Waals surface area contributed by atoms with Crippen molar-refractivity contribution in [1.82, 2.24) is 14.2 Å². The zero-order valence-electron chi connectivity index (χ0n) is 39.6. The predicted octanol–water partition coefficient (Wildman–Crippen LogP) is 7.05. The van der Waals surface area contributed by atoms with Gasteiger partial charge in [0, 0.05) is 50.1 Å². The summed E-state index contributed by atoms with van der Waals surface area (Å²) in [5.41, 5.74) is 0.120. The maximum atomic E-state index is 13.5. The first-order valence-electron chi connectivity index (χ1n) is 22.4. The number of rotatable bonds is 27. The van der Waals surface area contributed by atoms with Gasteiger partial charge < -0.3 is 51.7 Å². The zero-order valence-corrected chi connectivity index (χ0v) is 42.1. The Morgan fingerprint density at radius 3 is 1.84 bits per heavy atom. The molecular weight excluding hydrogens is 922 g/mol. The van der Waals surface area contributed by atoms with Crippen LogP contribution in [0.5, 0.6) is 11.5 Å². The quantitative estimate of drug-likeness (QED) is 0.0280. The van der Waals surface area contributed by atoms with Gasteiger partial charge in [-0.25, -0.2) is 9.46 Å². The lowest BCUT2D eigenvalue weighted by Crippen LogP contribution is -2.45. The number of hydrogen-bond acceptors (Lipinski definition) is 16. The third-order valence-corrected chi connectivity index (χ3v) is 15.9. The molecule has 3 aromatic carbocycles. The van der Waals surface area contributed by atoms with E-state index in [-0.39, 0.29) is 30.9 Å². The number of aromatic amines is 1. The first kappa shape index (κ1) is 53.0. The smallest absolute Gasteiger partial charge is 0.330 e. The van der Waals surface area contributed by atoms with Crippen molar-refractivity contribution in [2.45, 2.75) is 82.1 Å². The van der Waals surface area contributed by atoms with Crippen molar-refractivity contribution < 1.29 is 51.7 Å². The van der Waals surface area contributed by atoms with Crippen LogP contribution in [0.3, 0.4) is 0 Å². The minimum absolute atomic E-state index is 0.00196. The summed E-state index contributed by atoms with van der Waals surface area (Å²) in [6.07, 6.45) is -2.75. The second-order valence-corrected chi connectivity index (χ2v) is 20.2. The van der Waals surface area contributed by atoms with Crippen LogP contribution in [0.2, 0.25) is 0 Å². The van der Waals surface area contributed by atoms with Crippen LogP contribution in [0.15, 0.2) is 101 Å². The van der Waals surface area contributed by atoms with Crippen LogP contribution < -0.4 is 20.7 Å². The van der Waals surface area contributed by atoms with Crippen LogP contribution in [0.4, 0.5) is 0 Å². The molecule has 3 heterocycles. The van der Waals surface area contributed by atoms with Crippen molar-refractivity contribution >= 4 is 30.1 Å². The number of nitrogens with zero attached hydrogens (tertiary/aromatic N) is 2. The van der Waals surface area contributed by atoms with Gasteiger partial charge in [-0.1, -0.05) is 76.2 Å². The molecule has 0 amide bonds. The van der Waals surface area contributed by atoms with Crippen molar-refractivity contribution in [1.29, 1.82) is 0 Å². The van der Waals surface area contributed by atoms with E-state index in [2.05, 4.69) is 37.3 Å². The number of methoxy groups -OCH3 is 4. The highest BCUT2D eigenvalue weighted by Crippen LogP contribution is 2.53. The van der Waals surface area contributed by atoms with Gasteiger partial charge in [-0.3, -0.25) is 14.3 Å². The molecule has 6 rings (SSSR count). The average Bonchev–Trinajstić information content (AvgIpc) is 3.68. The molecule has 0 saturated carbocycles. The van der Waals surface area contributed by atoms with E-state index in [1.54, 1.807) is 50.0 Å². The van der Waals surface area contributed by atoms with Gasteiger partial charge in [0.05, 0.1) is 66.6 Å². The third kappa shape index (κ3) is 13.7. The Kier molecular flexibility index (Phi) is 21.0.